The lowest BCUT2D eigenvalue weighted by Crippen LogP contribution is -2.07. The zero-order valence-corrected chi connectivity index (χ0v) is 18.0. The molecule has 0 aliphatic heterocycles. The average molecular weight is 417 g/mol. The largest absolute Gasteiger partial charge is 0.378 e. The van der Waals surface area contributed by atoms with Crippen molar-refractivity contribution in [1.29, 1.82) is 0 Å². The minimum atomic E-state index is -1.13. The van der Waals surface area contributed by atoms with Crippen molar-refractivity contribution in [2.75, 3.05) is 30.0 Å². The Morgan fingerprint density at radius 2 is 1.77 bits per heavy atom. The van der Waals surface area contributed by atoms with Crippen molar-refractivity contribution in [2.45, 2.75) is 0 Å². The molecule has 0 radical (unpaired) electrons. The molecule has 0 aliphatic rings. The molecule has 0 fully saturated rings. The third-order valence-electron chi connectivity index (χ3n) is 4.84. The van der Waals surface area contributed by atoms with Crippen LogP contribution in [0.5, 0.6) is 0 Å². The number of fused-ring (bicyclic) bond motifs is 1. The Kier molecular flexibility index (Phi) is 5.68. The number of aromatic amines is 1. The maximum absolute atomic E-state index is 11.6. The van der Waals surface area contributed by atoms with E-state index in [4.69, 9.17) is 0 Å². The monoisotopic (exact) mass is 416 g/mol. The minimum absolute atomic E-state index is 0.805. The summed E-state index contributed by atoms with van der Waals surface area (Å²) in [5.74, 6) is 0.805. The third-order valence-corrected chi connectivity index (χ3v) is 5.34. The zero-order valence-electron chi connectivity index (χ0n) is 17.2. The van der Waals surface area contributed by atoms with Crippen LogP contribution in [0.1, 0.15) is 11.4 Å². The molecule has 3 aromatic carbocycles. The predicted molar refractivity (Wildman–Crippen MR) is 129 cm³/mol. The van der Waals surface area contributed by atoms with E-state index in [0.717, 1.165) is 39.2 Å². The number of nitrogens with one attached hydrogen (secondary N) is 2. The number of benzene rings is 3. The number of anilines is 2. The second-order valence-corrected chi connectivity index (χ2v) is 8.39. The fourth-order valence-corrected chi connectivity index (χ4v) is 3.80. The predicted octanol–water partition coefficient (Wildman–Crippen LogP) is 5.17. The lowest BCUT2D eigenvalue weighted by atomic mass is 10.0. The van der Waals surface area contributed by atoms with E-state index in [1.54, 1.807) is 6.26 Å². The van der Waals surface area contributed by atoms with Gasteiger partial charge in [-0.3, -0.25) is 0 Å². The first-order chi connectivity index (χ1) is 14.5. The molecule has 30 heavy (non-hydrogen) atoms. The second-order valence-electron chi connectivity index (χ2n) is 7.28. The zero-order chi connectivity index (χ0) is 21.1. The van der Waals surface area contributed by atoms with Crippen molar-refractivity contribution in [3.63, 3.8) is 0 Å². The molecule has 6 heteroatoms. The van der Waals surface area contributed by atoms with Crippen LogP contribution < -0.4 is 9.62 Å². The molecule has 0 saturated heterocycles. The molecule has 1 aromatic heterocycles. The number of imidazole rings is 1. The molecule has 152 valence electrons. The number of H-pyrrole nitrogens is 1. The van der Waals surface area contributed by atoms with Crippen LogP contribution in [0, 0.1) is 0 Å². The van der Waals surface area contributed by atoms with Crippen molar-refractivity contribution in [1.82, 2.24) is 9.97 Å². The molecule has 4 rings (SSSR count). The van der Waals surface area contributed by atoms with Crippen molar-refractivity contribution in [3.05, 3.63) is 78.1 Å². The molecule has 1 unspecified atom stereocenters. The Balaban J connectivity index is 1.61. The van der Waals surface area contributed by atoms with Gasteiger partial charge in [-0.1, -0.05) is 42.5 Å². The van der Waals surface area contributed by atoms with Gasteiger partial charge in [-0.25, -0.2) is 9.19 Å². The van der Waals surface area contributed by atoms with E-state index in [2.05, 4.69) is 49.9 Å². The summed E-state index contributed by atoms with van der Waals surface area (Å²) in [4.78, 5) is 10.1. The summed E-state index contributed by atoms with van der Waals surface area (Å²) in [7, 11) is 2.93. The molecule has 1 heterocycles. The van der Waals surface area contributed by atoms with Crippen LogP contribution in [0.2, 0.25) is 0 Å². The van der Waals surface area contributed by atoms with Crippen LogP contribution in [0.15, 0.2) is 66.7 Å². The Hall–Kier alpha value is -3.38. The SMILES string of the molecule is CN(C)c1ccc(/C=C/c2nc3ccc(-c4ccccc4NS(C)=O)cc3[nH]2)cc1. The Morgan fingerprint density at radius 1 is 1.00 bits per heavy atom. The van der Waals surface area contributed by atoms with Gasteiger partial charge < -0.3 is 14.6 Å². The van der Waals surface area contributed by atoms with Crippen molar-refractivity contribution in [3.8, 4) is 11.1 Å². The highest BCUT2D eigenvalue weighted by molar-refractivity contribution is 7.85. The molecule has 4 aromatic rings. The van der Waals surface area contributed by atoms with Crippen molar-refractivity contribution < 1.29 is 4.21 Å². The van der Waals surface area contributed by atoms with Crippen LogP contribution in [0.3, 0.4) is 0 Å². The number of hydrogen-bond acceptors (Lipinski definition) is 3. The third kappa shape index (κ3) is 4.44. The molecule has 0 aliphatic carbocycles. The van der Waals surface area contributed by atoms with Crippen LogP contribution in [-0.2, 0) is 11.0 Å². The number of aromatic nitrogens is 2. The molecule has 0 bridgehead atoms. The van der Waals surface area contributed by atoms with E-state index in [1.807, 2.05) is 62.6 Å². The molecular weight excluding hydrogens is 392 g/mol. The fraction of sp³-hybridized carbons (Fsp3) is 0.125. The summed E-state index contributed by atoms with van der Waals surface area (Å²) in [6.45, 7) is 0. The first-order valence-corrected chi connectivity index (χ1v) is 11.2. The lowest BCUT2D eigenvalue weighted by Gasteiger charge is -2.11. The molecule has 1 atom stereocenters. The van der Waals surface area contributed by atoms with Crippen molar-refractivity contribution in [2.24, 2.45) is 0 Å². The van der Waals surface area contributed by atoms with Gasteiger partial charge in [0.15, 0.2) is 0 Å². The Morgan fingerprint density at radius 3 is 2.50 bits per heavy atom. The average Bonchev–Trinajstić information content (AvgIpc) is 3.14. The lowest BCUT2D eigenvalue weighted by molar-refractivity contribution is 0.690. The summed E-state index contributed by atoms with van der Waals surface area (Å²) in [6.07, 6.45) is 5.66. The van der Waals surface area contributed by atoms with Gasteiger partial charge in [0.2, 0.25) is 0 Å². The second kappa shape index (κ2) is 8.55. The van der Waals surface area contributed by atoms with Gasteiger partial charge in [-0.05, 0) is 47.5 Å². The van der Waals surface area contributed by atoms with E-state index in [0.29, 0.717) is 0 Å². The van der Waals surface area contributed by atoms with Crippen LogP contribution >= 0.6 is 0 Å². The van der Waals surface area contributed by atoms with E-state index in [1.165, 1.54) is 5.69 Å². The van der Waals surface area contributed by atoms with Crippen molar-refractivity contribution >= 4 is 45.5 Å². The van der Waals surface area contributed by atoms with Gasteiger partial charge in [0.1, 0.15) is 16.8 Å². The summed E-state index contributed by atoms with van der Waals surface area (Å²) >= 11 is 0. The van der Waals surface area contributed by atoms with E-state index >= 15 is 0 Å². The molecule has 0 saturated carbocycles. The van der Waals surface area contributed by atoms with Gasteiger partial charge in [0, 0.05) is 31.6 Å². The fourth-order valence-electron chi connectivity index (χ4n) is 3.31. The van der Waals surface area contributed by atoms with Crippen LogP contribution in [0.25, 0.3) is 34.3 Å². The first-order valence-electron chi connectivity index (χ1n) is 9.64. The number of nitrogens with zero attached hydrogens (tertiary/aromatic N) is 2. The van der Waals surface area contributed by atoms with E-state index in [9.17, 15) is 4.21 Å². The highest BCUT2D eigenvalue weighted by Crippen LogP contribution is 2.30. The highest BCUT2D eigenvalue weighted by atomic mass is 32.2. The van der Waals surface area contributed by atoms with Gasteiger partial charge in [-0.2, -0.15) is 0 Å². The van der Waals surface area contributed by atoms with Gasteiger partial charge in [0.25, 0.3) is 0 Å². The van der Waals surface area contributed by atoms with Crippen LogP contribution in [-0.4, -0.2) is 34.5 Å². The molecule has 0 spiro atoms. The molecule has 2 N–H and O–H groups in total. The number of para-hydroxylation sites is 1. The maximum Gasteiger partial charge on any atom is 0.131 e. The number of hydrogen-bond donors (Lipinski definition) is 2. The smallest absolute Gasteiger partial charge is 0.131 e. The highest BCUT2D eigenvalue weighted by Gasteiger charge is 2.08. The standard InChI is InChI=1S/C24H24N4OS/c1-28(2)19-12-8-17(9-13-19)10-15-24-25-22-14-11-18(16-23(22)26-24)20-6-4-5-7-21(20)27-30(3)29/h4-16,27H,1-3H3,(H,25,26)/b15-10+. The topological polar surface area (TPSA) is 61.0 Å². The van der Waals surface area contributed by atoms with Gasteiger partial charge in [-0.15, -0.1) is 0 Å². The molecular formula is C24H24N4OS. The quantitative estimate of drug-likeness (QED) is 0.456. The van der Waals surface area contributed by atoms with Gasteiger partial charge in [0.05, 0.1) is 16.7 Å². The minimum Gasteiger partial charge on any atom is -0.378 e. The Bertz CT molecular complexity index is 1230. The summed E-state index contributed by atoms with van der Waals surface area (Å²) < 4.78 is 14.6. The first kappa shape index (κ1) is 19.9. The van der Waals surface area contributed by atoms with E-state index in [-0.39, 0.29) is 0 Å². The van der Waals surface area contributed by atoms with Gasteiger partial charge >= 0.3 is 0 Å². The maximum atomic E-state index is 11.6. The summed E-state index contributed by atoms with van der Waals surface area (Å²) in [6, 6.07) is 22.4. The summed E-state index contributed by atoms with van der Waals surface area (Å²) in [5.41, 5.74) is 7.04. The normalized spacial score (nSPS) is 12.4. The van der Waals surface area contributed by atoms with Crippen LogP contribution in [0.4, 0.5) is 11.4 Å². The molecule has 0 amide bonds. The Labute approximate surface area is 179 Å². The van der Waals surface area contributed by atoms with E-state index < -0.39 is 11.0 Å². The number of rotatable bonds is 6. The summed E-state index contributed by atoms with van der Waals surface area (Å²) in [5, 5.41) is 0. The molecule has 5 nitrogen and oxygen atoms in total.